The molecule has 2 N–H and O–H groups in total. The Morgan fingerprint density at radius 1 is 1.77 bits per heavy atom. The molecule has 0 spiro atoms. The van der Waals surface area contributed by atoms with E-state index in [-0.39, 0.29) is 5.97 Å². The van der Waals surface area contributed by atoms with Crippen LogP contribution in [0, 0.1) is 0 Å². The van der Waals surface area contributed by atoms with Crippen molar-refractivity contribution in [1.29, 1.82) is 0 Å². The molecule has 0 aliphatic carbocycles. The van der Waals surface area contributed by atoms with Crippen LogP contribution in [-0.2, 0) is 23.0 Å². The van der Waals surface area contributed by atoms with Crippen molar-refractivity contribution in [3.05, 3.63) is 24.0 Å². The van der Waals surface area contributed by atoms with Gasteiger partial charge in [0.15, 0.2) is 0 Å². The molecule has 13 heavy (non-hydrogen) atoms. The van der Waals surface area contributed by atoms with Gasteiger partial charge < -0.3 is 15.0 Å². The molecule has 0 radical (unpaired) electrons. The van der Waals surface area contributed by atoms with Crippen LogP contribution in [-0.4, -0.2) is 23.7 Å². The van der Waals surface area contributed by atoms with E-state index in [0.29, 0.717) is 6.42 Å². The lowest BCUT2D eigenvalue weighted by Gasteiger charge is -2.06. The second-order valence-electron chi connectivity index (χ2n) is 3.02. The Labute approximate surface area is 77.3 Å². The highest BCUT2D eigenvalue weighted by atomic mass is 16.5. The molecule has 0 saturated carbocycles. The maximum absolute atomic E-state index is 11.0. The molecule has 72 valence electrons. The molecule has 1 heterocycles. The van der Waals surface area contributed by atoms with E-state index < -0.39 is 6.04 Å². The van der Waals surface area contributed by atoms with Gasteiger partial charge in [-0.05, 0) is 18.1 Å². The summed E-state index contributed by atoms with van der Waals surface area (Å²) in [6, 6.07) is 1.37. The molecule has 1 atom stereocenters. The molecule has 0 amide bonds. The van der Waals surface area contributed by atoms with E-state index in [9.17, 15) is 4.79 Å². The first-order valence-electron chi connectivity index (χ1n) is 4.07. The van der Waals surface area contributed by atoms with Crippen LogP contribution >= 0.6 is 0 Å². The summed E-state index contributed by atoms with van der Waals surface area (Å²) in [4.78, 5) is 11.0. The van der Waals surface area contributed by atoms with Gasteiger partial charge in [0.25, 0.3) is 0 Å². The molecule has 0 saturated heterocycles. The molecule has 4 nitrogen and oxygen atoms in total. The van der Waals surface area contributed by atoms with Gasteiger partial charge in [-0.1, -0.05) is 0 Å². The summed E-state index contributed by atoms with van der Waals surface area (Å²) in [5, 5.41) is 0. The van der Waals surface area contributed by atoms with Gasteiger partial charge in [0.2, 0.25) is 0 Å². The number of aryl methyl sites for hydroxylation is 1. The number of ether oxygens (including phenoxy) is 1. The van der Waals surface area contributed by atoms with Crippen LogP contribution in [0.4, 0.5) is 0 Å². The Kier molecular flexibility index (Phi) is 3.08. The zero-order valence-electron chi connectivity index (χ0n) is 7.86. The van der Waals surface area contributed by atoms with E-state index in [4.69, 9.17) is 5.73 Å². The first-order chi connectivity index (χ1) is 6.13. The summed E-state index contributed by atoms with van der Waals surface area (Å²) in [6.07, 6.45) is 4.37. The Balaban J connectivity index is 2.54. The first kappa shape index (κ1) is 9.80. The molecule has 0 aromatic carbocycles. The summed E-state index contributed by atoms with van der Waals surface area (Å²) >= 11 is 0. The third kappa shape index (κ3) is 2.59. The Morgan fingerprint density at radius 2 is 2.46 bits per heavy atom. The molecule has 1 unspecified atom stereocenters. The second-order valence-corrected chi connectivity index (χ2v) is 3.02. The minimum atomic E-state index is -0.563. The standard InChI is InChI=1S/C9H14N2O2/c1-11-4-3-7(6-11)5-8(10)9(12)13-2/h3-4,6,8H,5,10H2,1-2H3. The summed E-state index contributed by atoms with van der Waals surface area (Å²) in [6.45, 7) is 0. The third-order valence-electron chi connectivity index (χ3n) is 1.85. The van der Waals surface area contributed by atoms with Crippen LogP contribution in [0.3, 0.4) is 0 Å². The lowest BCUT2D eigenvalue weighted by Crippen LogP contribution is -2.33. The topological polar surface area (TPSA) is 57.2 Å². The van der Waals surface area contributed by atoms with Crippen molar-refractivity contribution in [3.63, 3.8) is 0 Å². The molecule has 0 aliphatic rings. The highest BCUT2D eigenvalue weighted by Gasteiger charge is 2.14. The van der Waals surface area contributed by atoms with Crippen molar-refractivity contribution < 1.29 is 9.53 Å². The quantitative estimate of drug-likeness (QED) is 0.673. The summed E-state index contributed by atoms with van der Waals surface area (Å²) < 4.78 is 6.44. The van der Waals surface area contributed by atoms with Crippen molar-refractivity contribution in [2.45, 2.75) is 12.5 Å². The average Bonchev–Trinajstić information content (AvgIpc) is 2.49. The van der Waals surface area contributed by atoms with Gasteiger partial charge in [-0.25, -0.2) is 0 Å². The van der Waals surface area contributed by atoms with E-state index in [1.165, 1.54) is 7.11 Å². The molecule has 0 fully saturated rings. The lowest BCUT2D eigenvalue weighted by molar-refractivity contribution is -0.142. The Morgan fingerprint density at radius 3 is 2.92 bits per heavy atom. The molecule has 4 heteroatoms. The van der Waals surface area contributed by atoms with Crippen LogP contribution in [0.5, 0.6) is 0 Å². The Hall–Kier alpha value is -1.29. The molecular formula is C9H14N2O2. The van der Waals surface area contributed by atoms with Crippen LogP contribution in [0.2, 0.25) is 0 Å². The zero-order valence-corrected chi connectivity index (χ0v) is 7.86. The van der Waals surface area contributed by atoms with Crippen molar-refractivity contribution in [2.75, 3.05) is 7.11 Å². The van der Waals surface area contributed by atoms with Crippen molar-refractivity contribution in [1.82, 2.24) is 4.57 Å². The maximum atomic E-state index is 11.0. The van der Waals surface area contributed by atoms with Crippen LogP contribution < -0.4 is 5.73 Å². The van der Waals surface area contributed by atoms with E-state index in [0.717, 1.165) is 5.56 Å². The number of carbonyl (C=O) groups excluding carboxylic acids is 1. The number of nitrogens with two attached hydrogens (primary N) is 1. The number of carbonyl (C=O) groups is 1. The van der Waals surface area contributed by atoms with E-state index in [2.05, 4.69) is 4.74 Å². The first-order valence-corrected chi connectivity index (χ1v) is 4.07. The summed E-state index contributed by atoms with van der Waals surface area (Å²) in [5.41, 5.74) is 6.63. The van der Waals surface area contributed by atoms with Crippen molar-refractivity contribution >= 4 is 5.97 Å². The van der Waals surface area contributed by atoms with Gasteiger partial charge in [-0.2, -0.15) is 0 Å². The van der Waals surface area contributed by atoms with Crippen molar-refractivity contribution in [3.8, 4) is 0 Å². The van der Waals surface area contributed by atoms with Gasteiger partial charge in [0.1, 0.15) is 6.04 Å². The molecule has 0 aliphatic heterocycles. The number of methoxy groups -OCH3 is 1. The molecule has 1 aromatic rings. The fourth-order valence-corrected chi connectivity index (χ4v) is 1.17. The molecule has 1 rings (SSSR count). The molecular weight excluding hydrogens is 168 g/mol. The zero-order chi connectivity index (χ0) is 9.84. The summed E-state index contributed by atoms with van der Waals surface area (Å²) in [5.74, 6) is -0.371. The van der Waals surface area contributed by atoms with Crippen LogP contribution in [0.25, 0.3) is 0 Å². The van der Waals surface area contributed by atoms with E-state index in [1.807, 2.05) is 30.1 Å². The number of aromatic nitrogens is 1. The largest absolute Gasteiger partial charge is 0.468 e. The lowest BCUT2D eigenvalue weighted by atomic mass is 10.1. The highest BCUT2D eigenvalue weighted by Crippen LogP contribution is 2.03. The van der Waals surface area contributed by atoms with E-state index in [1.54, 1.807) is 0 Å². The Bertz CT molecular complexity index is 294. The fourth-order valence-electron chi connectivity index (χ4n) is 1.17. The third-order valence-corrected chi connectivity index (χ3v) is 1.85. The van der Waals surface area contributed by atoms with Gasteiger partial charge >= 0.3 is 5.97 Å². The number of esters is 1. The SMILES string of the molecule is COC(=O)C(N)Cc1ccn(C)c1. The highest BCUT2D eigenvalue weighted by molar-refractivity contribution is 5.75. The predicted octanol–water partition coefficient (Wildman–Crippen LogP) is 0.0679. The van der Waals surface area contributed by atoms with Crippen LogP contribution in [0.15, 0.2) is 18.5 Å². The predicted molar refractivity (Wildman–Crippen MR) is 49.1 cm³/mol. The van der Waals surface area contributed by atoms with Crippen LogP contribution in [0.1, 0.15) is 5.56 Å². The second kappa shape index (κ2) is 4.09. The maximum Gasteiger partial charge on any atom is 0.322 e. The monoisotopic (exact) mass is 182 g/mol. The van der Waals surface area contributed by atoms with Crippen molar-refractivity contribution in [2.24, 2.45) is 12.8 Å². The van der Waals surface area contributed by atoms with Gasteiger partial charge in [0.05, 0.1) is 7.11 Å². The smallest absolute Gasteiger partial charge is 0.322 e. The van der Waals surface area contributed by atoms with Gasteiger partial charge in [-0.15, -0.1) is 0 Å². The molecule has 0 bridgehead atoms. The van der Waals surface area contributed by atoms with Gasteiger partial charge in [0, 0.05) is 19.4 Å². The molecule has 1 aromatic heterocycles. The minimum absolute atomic E-state index is 0.371. The number of hydrogen-bond acceptors (Lipinski definition) is 3. The number of rotatable bonds is 3. The van der Waals surface area contributed by atoms with Gasteiger partial charge in [-0.3, -0.25) is 4.79 Å². The summed E-state index contributed by atoms with van der Waals surface area (Å²) in [7, 11) is 3.26. The fraction of sp³-hybridized carbons (Fsp3) is 0.444. The minimum Gasteiger partial charge on any atom is -0.468 e. The van der Waals surface area contributed by atoms with E-state index >= 15 is 0 Å². The average molecular weight is 182 g/mol. The number of nitrogens with zero attached hydrogens (tertiary/aromatic N) is 1. The normalized spacial score (nSPS) is 12.5. The number of hydrogen-bond donors (Lipinski definition) is 1.